The van der Waals surface area contributed by atoms with E-state index >= 15 is 0 Å². The summed E-state index contributed by atoms with van der Waals surface area (Å²) in [5, 5.41) is 6.28. The summed E-state index contributed by atoms with van der Waals surface area (Å²) in [5.41, 5.74) is -0.169. The van der Waals surface area contributed by atoms with Crippen molar-refractivity contribution >= 4 is 62.9 Å². The summed E-state index contributed by atoms with van der Waals surface area (Å²) in [6.45, 7) is 4.17. The molecule has 1 unspecified atom stereocenters. The van der Waals surface area contributed by atoms with E-state index in [2.05, 4.69) is 27.3 Å². The average Bonchev–Trinajstić information content (AvgIpc) is 3.16. The zero-order chi connectivity index (χ0) is 17.6. The maximum absolute atomic E-state index is 12.1. The maximum atomic E-state index is 12.1. The molecule has 3 N–H and O–H groups in total. The zero-order valence-corrected chi connectivity index (χ0v) is 18.9. The lowest BCUT2D eigenvalue weighted by Crippen LogP contribution is -2.47. The fourth-order valence-corrected chi connectivity index (χ4v) is 4.91. The first-order chi connectivity index (χ1) is 11.3. The Hall–Kier alpha value is -0.140. The summed E-state index contributed by atoms with van der Waals surface area (Å²) in [6.07, 6.45) is 2.08. The fourth-order valence-electron chi connectivity index (χ4n) is 2.35. The first kappa shape index (κ1) is 22.9. The average molecular weight is 523 g/mol. The van der Waals surface area contributed by atoms with Crippen molar-refractivity contribution in [1.29, 1.82) is 0 Å². The van der Waals surface area contributed by atoms with Crippen LogP contribution in [0.2, 0.25) is 4.34 Å². The first-order valence-electron chi connectivity index (χ1n) is 7.68. The molecule has 0 amide bonds. The van der Waals surface area contributed by atoms with Crippen LogP contribution in [-0.2, 0) is 14.8 Å². The molecule has 0 saturated carbocycles. The number of sulfonamides is 1. The molecule has 0 bridgehead atoms. The molecule has 1 fully saturated rings. The summed E-state index contributed by atoms with van der Waals surface area (Å²) < 4.78 is 33.0. The number of aliphatic imine (C=N–C) groups is 1. The van der Waals surface area contributed by atoms with E-state index in [0.717, 1.165) is 30.8 Å². The van der Waals surface area contributed by atoms with Crippen molar-refractivity contribution in [2.45, 2.75) is 29.6 Å². The zero-order valence-electron chi connectivity index (χ0n) is 14.2. The summed E-state index contributed by atoms with van der Waals surface area (Å²) in [4.78, 5) is 4.12. The molecular weight excluding hydrogens is 499 g/mol. The van der Waals surface area contributed by atoms with E-state index in [1.165, 1.54) is 6.07 Å². The Morgan fingerprint density at radius 3 is 2.72 bits per heavy atom. The minimum atomic E-state index is -3.52. The third-order valence-electron chi connectivity index (χ3n) is 3.68. The highest BCUT2D eigenvalue weighted by Gasteiger charge is 2.29. The van der Waals surface area contributed by atoms with Crippen LogP contribution in [0.15, 0.2) is 21.3 Å². The lowest BCUT2D eigenvalue weighted by molar-refractivity contribution is 0.0243. The Balaban J connectivity index is 0.00000312. The van der Waals surface area contributed by atoms with Gasteiger partial charge in [0.15, 0.2) is 5.96 Å². The van der Waals surface area contributed by atoms with Gasteiger partial charge in [0, 0.05) is 33.3 Å². The molecule has 0 radical (unpaired) electrons. The summed E-state index contributed by atoms with van der Waals surface area (Å²) >= 11 is 6.80. The van der Waals surface area contributed by atoms with Gasteiger partial charge in [0.25, 0.3) is 0 Å². The van der Waals surface area contributed by atoms with Crippen LogP contribution >= 0.6 is 46.9 Å². The second-order valence-corrected chi connectivity index (χ2v) is 9.42. The van der Waals surface area contributed by atoms with Gasteiger partial charge in [-0.2, -0.15) is 0 Å². The van der Waals surface area contributed by atoms with Gasteiger partial charge >= 0.3 is 0 Å². The molecule has 2 rings (SSSR count). The SMILES string of the molecule is CN=C(NCCNS(=O)(=O)c1ccc(Cl)s1)NCC1(C)CCCO1.I. The number of ether oxygens (including phenoxy) is 1. The van der Waals surface area contributed by atoms with Crippen LogP contribution in [-0.4, -0.2) is 53.3 Å². The molecule has 25 heavy (non-hydrogen) atoms. The van der Waals surface area contributed by atoms with Gasteiger partial charge in [-0.25, -0.2) is 13.1 Å². The van der Waals surface area contributed by atoms with E-state index in [9.17, 15) is 8.42 Å². The van der Waals surface area contributed by atoms with Crippen LogP contribution in [0.25, 0.3) is 0 Å². The lowest BCUT2D eigenvalue weighted by atomic mass is 10.0. The van der Waals surface area contributed by atoms with E-state index in [0.29, 0.717) is 23.4 Å². The number of rotatable bonds is 7. The predicted molar refractivity (Wildman–Crippen MR) is 113 cm³/mol. The van der Waals surface area contributed by atoms with Crippen molar-refractivity contribution in [1.82, 2.24) is 15.4 Å². The standard InChI is InChI=1S/C14H23ClN4O3S2.HI/c1-14(6-3-9-22-14)10-18-13(16-2)17-7-8-19-24(20,21)12-5-4-11(15)23-12;/h4-5,19H,3,6-10H2,1-2H3,(H2,16,17,18);1H. The molecule has 1 aliphatic heterocycles. The van der Waals surface area contributed by atoms with Gasteiger partial charge in [-0.1, -0.05) is 11.6 Å². The Morgan fingerprint density at radius 2 is 2.16 bits per heavy atom. The van der Waals surface area contributed by atoms with E-state index < -0.39 is 10.0 Å². The van der Waals surface area contributed by atoms with E-state index in [4.69, 9.17) is 16.3 Å². The van der Waals surface area contributed by atoms with Crippen LogP contribution < -0.4 is 15.4 Å². The van der Waals surface area contributed by atoms with E-state index in [1.54, 1.807) is 13.1 Å². The molecule has 7 nitrogen and oxygen atoms in total. The predicted octanol–water partition coefficient (Wildman–Crippen LogP) is 2.03. The number of guanidine groups is 1. The molecule has 144 valence electrons. The number of hydrogen-bond donors (Lipinski definition) is 3. The van der Waals surface area contributed by atoms with E-state index in [1.807, 2.05) is 0 Å². The summed E-state index contributed by atoms with van der Waals surface area (Å²) in [6, 6.07) is 3.06. The molecule has 0 aliphatic carbocycles. The van der Waals surface area contributed by atoms with Crippen molar-refractivity contribution in [3.8, 4) is 0 Å². The molecular formula is C14H24ClIN4O3S2. The molecule has 1 atom stereocenters. The van der Waals surface area contributed by atoms with Crippen LogP contribution in [0.4, 0.5) is 0 Å². The van der Waals surface area contributed by atoms with Crippen molar-refractivity contribution in [3.05, 3.63) is 16.5 Å². The third kappa shape index (κ3) is 7.18. The van der Waals surface area contributed by atoms with Crippen molar-refractivity contribution in [2.75, 3.05) is 33.3 Å². The largest absolute Gasteiger partial charge is 0.373 e. The van der Waals surface area contributed by atoms with Gasteiger partial charge in [0.05, 0.1) is 9.94 Å². The summed E-state index contributed by atoms with van der Waals surface area (Å²) in [5.74, 6) is 0.616. The highest BCUT2D eigenvalue weighted by molar-refractivity contribution is 14.0. The van der Waals surface area contributed by atoms with Gasteiger partial charge < -0.3 is 15.4 Å². The van der Waals surface area contributed by atoms with E-state index in [-0.39, 0.29) is 40.3 Å². The number of hydrogen-bond acceptors (Lipinski definition) is 5. The Morgan fingerprint density at radius 1 is 1.40 bits per heavy atom. The number of nitrogens with zero attached hydrogens (tertiary/aromatic N) is 1. The number of thiophene rings is 1. The topological polar surface area (TPSA) is 91.8 Å². The lowest BCUT2D eigenvalue weighted by Gasteiger charge is -2.24. The van der Waals surface area contributed by atoms with Crippen molar-refractivity contribution < 1.29 is 13.2 Å². The molecule has 1 aromatic heterocycles. The molecule has 1 saturated heterocycles. The minimum absolute atomic E-state index is 0. The van der Waals surface area contributed by atoms with Gasteiger partial charge in [0.2, 0.25) is 10.0 Å². The van der Waals surface area contributed by atoms with Crippen LogP contribution in [0.1, 0.15) is 19.8 Å². The fraction of sp³-hybridized carbons (Fsp3) is 0.643. The molecule has 1 aromatic rings. The van der Waals surface area contributed by atoms with Crippen molar-refractivity contribution in [2.24, 2.45) is 4.99 Å². The van der Waals surface area contributed by atoms with Crippen LogP contribution in [0.5, 0.6) is 0 Å². The maximum Gasteiger partial charge on any atom is 0.250 e. The molecule has 0 aromatic carbocycles. The monoisotopic (exact) mass is 522 g/mol. The Bertz CT molecular complexity index is 675. The highest BCUT2D eigenvalue weighted by atomic mass is 127. The Labute approximate surface area is 175 Å². The van der Waals surface area contributed by atoms with Gasteiger partial charge in [0.1, 0.15) is 4.21 Å². The Kier molecular flexibility index (Phi) is 9.40. The van der Waals surface area contributed by atoms with Crippen LogP contribution in [0.3, 0.4) is 0 Å². The second kappa shape index (κ2) is 10.3. The molecule has 11 heteroatoms. The molecule has 2 heterocycles. The number of halogens is 2. The second-order valence-electron chi connectivity index (χ2n) is 5.71. The third-order valence-corrected chi connectivity index (χ3v) is 6.86. The van der Waals surface area contributed by atoms with Gasteiger partial charge in [-0.15, -0.1) is 35.3 Å². The highest BCUT2D eigenvalue weighted by Crippen LogP contribution is 2.25. The normalized spacial score (nSPS) is 21.0. The molecule has 0 spiro atoms. The quantitative estimate of drug-likeness (QED) is 0.221. The van der Waals surface area contributed by atoms with Gasteiger partial charge in [-0.05, 0) is 31.9 Å². The summed E-state index contributed by atoms with van der Waals surface area (Å²) in [7, 11) is -1.84. The molecule has 1 aliphatic rings. The minimum Gasteiger partial charge on any atom is -0.373 e. The number of nitrogens with one attached hydrogen (secondary N) is 3. The smallest absolute Gasteiger partial charge is 0.250 e. The van der Waals surface area contributed by atoms with Gasteiger partial charge in [-0.3, -0.25) is 4.99 Å². The first-order valence-corrected chi connectivity index (χ1v) is 10.4. The van der Waals surface area contributed by atoms with Crippen molar-refractivity contribution in [3.63, 3.8) is 0 Å². The van der Waals surface area contributed by atoms with Crippen LogP contribution in [0, 0.1) is 0 Å².